The van der Waals surface area contributed by atoms with E-state index >= 15 is 0 Å². The van der Waals surface area contributed by atoms with Crippen molar-refractivity contribution in [2.45, 2.75) is 17.6 Å². The molecule has 152 valence electrons. The number of aryl methyl sites for hydroxylation is 1. The molecule has 3 aromatic carbocycles. The molecule has 1 N–H and O–H groups in total. The first-order valence-corrected chi connectivity index (χ1v) is 9.85. The van der Waals surface area contributed by atoms with E-state index in [4.69, 9.17) is 0 Å². The third-order valence-electron chi connectivity index (χ3n) is 4.25. The van der Waals surface area contributed by atoms with Gasteiger partial charge in [-0.25, -0.2) is 0 Å². The number of anilines is 1. The number of carbonyl (C=O) groups is 1. The number of rotatable bonds is 7. The van der Waals surface area contributed by atoms with Crippen molar-refractivity contribution in [3.05, 3.63) is 104 Å². The van der Waals surface area contributed by atoms with Gasteiger partial charge in [0.05, 0.1) is 15.9 Å². The molecule has 8 nitrogen and oxygen atoms in total. The number of hydrogen-bond acceptors (Lipinski definition) is 6. The quantitative estimate of drug-likeness (QED) is 0.311. The van der Waals surface area contributed by atoms with Gasteiger partial charge in [-0.3, -0.25) is 25.0 Å². The highest BCUT2D eigenvalue weighted by molar-refractivity contribution is 7.98. The van der Waals surface area contributed by atoms with Gasteiger partial charge in [-0.05, 0) is 24.6 Å². The molecule has 9 heteroatoms. The number of nitrogens with zero attached hydrogens (tertiary/aromatic N) is 2. The van der Waals surface area contributed by atoms with Gasteiger partial charge in [0.1, 0.15) is 5.56 Å². The van der Waals surface area contributed by atoms with Gasteiger partial charge in [0.2, 0.25) is 0 Å². The fourth-order valence-corrected chi connectivity index (χ4v) is 3.80. The van der Waals surface area contributed by atoms with Crippen LogP contribution in [0.15, 0.2) is 71.6 Å². The Morgan fingerprint density at radius 3 is 2.23 bits per heavy atom. The smallest absolute Gasteiger partial charge is 0.290 e. The molecule has 0 spiro atoms. The van der Waals surface area contributed by atoms with E-state index < -0.39 is 27.1 Å². The van der Waals surface area contributed by atoms with Crippen molar-refractivity contribution in [1.82, 2.24) is 0 Å². The van der Waals surface area contributed by atoms with E-state index in [0.717, 1.165) is 29.0 Å². The molecule has 0 bridgehead atoms. The van der Waals surface area contributed by atoms with Crippen LogP contribution in [0.4, 0.5) is 17.1 Å². The van der Waals surface area contributed by atoms with E-state index in [-0.39, 0.29) is 10.5 Å². The van der Waals surface area contributed by atoms with Crippen LogP contribution < -0.4 is 5.32 Å². The minimum absolute atomic E-state index is 0.171. The predicted octanol–water partition coefficient (Wildman–Crippen LogP) is 5.36. The summed E-state index contributed by atoms with van der Waals surface area (Å²) in [5, 5.41) is 25.5. The minimum atomic E-state index is -0.774. The standard InChI is InChI=1S/C21H17N3O5S/c1-14-7-9-16(10-8-14)22-21(25)20-18(24(28)29)11-17(23(26)27)12-19(20)30-13-15-5-3-2-4-6-15/h2-12H,13H2,1H3,(H,22,25). The Labute approximate surface area is 176 Å². The molecular formula is C21H17N3O5S. The maximum Gasteiger partial charge on any atom is 0.290 e. The van der Waals surface area contributed by atoms with Gasteiger partial charge >= 0.3 is 0 Å². The first kappa shape index (κ1) is 21.0. The monoisotopic (exact) mass is 423 g/mol. The van der Waals surface area contributed by atoms with E-state index in [1.54, 1.807) is 24.3 Å². The molecule has 3 rings (SSSR count). The lowest BCUT2D eigenvalue weighted by atomic mass is 10.1. The van der Waals surface area contributed by atoms with Gasteiger partial charge in [0, 0.05) is 22.4 Å². The SMILES string of the molecule is Cc1ccc(NC(=O)c2c(SCc3ccccc3)cc([N+](=O)[O-])cc2[N+](=O)[O-])cc1. The Bertz CT molecular complexity index is 1100. The molecular weight excluding hydrogens is 406 g/mol. The van der Waals surface area contributed by atoms with Crippen molar-refractivity contribution < 1.29 is 14.6 Å². The number of amides is 1. The number of benzene rings is 3. The van der Waals surface area contributed by atoms with Crippen LogP contribution in [0, 0.1) is 27.2 Å². The summed E-state index contributed by atoms with van der Waals surface area (Å²) in [6, 6.07) is 18.2. The maximum atomic E-state index is 12.9. The highest BCUT2D eigenvalue weighted by Crippen LogP contribution is 2.36. The summed E-state index contributed by atoms with van der Waals surface area (Å²) in [6.45, 7) is 1.89. The zero-order valence-corrected chi connectivity index (χ0v) is 16.7. The maximum absolute atomic E-state index is 12.9. The van der Waals surface area contributed by atoms with E-state index in [1.807, 2.05) is 37.3 Å². The highest BCUT2D eigenvalue weighted by atomic mass is 32.2. The Morgan fingerprint density at radius 2 is 1.63 bits per heavy atom. The number of thioether (sulfide) groups is 1. The van der Waals surface area contributed by atoms with Crippen molar-refractivity contribution in [2.75, 3.05) is 5.32 Å². The average molecular weight is 423 g/mol. The Morgan fingerprint density at radius 1 is 0.967 bits per heavy atom. The minimum Gasteiger partial charge on any atom is -0.322 e. The van der Waals surface area contributed by atoms with Gasteiger partial charge in [0.15, 0.2) is 0 Å². The molecule has 0 saturated carbocycles. The van der Waals surface area contributed by atoms with Crippen molar-refractivity contribution in [1.29, 1.82) is 0 Å². The molecule has 0 heterocycles. The summed E-state index contributed by atoms with van der Waals surface area (Å²) < 4.78 is 0. The molecule has 0 aliphatic rings. The van der Waals surface area contributed by atoms with Gasteiger partial charge in [-0.2, -0.15) is 0 Å². The van der Waals surface area contributed by atoms with Crippen LogP contribution in [0.1, 0.15) is 21.5 Å². The van der Waals surface area contributed by atoms with E-state index in [1.165, 1.54) is 6.07 Å². The number of non-ortho nitro benzene ring substituents is 1. The molecule has 0 atom stereocenters. The van der Waals surface area contributed by atoms with Crippen molar-refractivity contribution in [3.63, 3.8) is 0 Å². The van der Waals surface area contributed by atoms with Gasteiger partial charge in [-0.15, -0.1) is 11.8 Å². The van der Waals surface area contributed by atoms with E-state index in [9.17, 15) is 25.0 Å². The van der Waals surface area contributed by atoms with Gasteiger partial charge < -0.3 is 5.32 Å². The van der Waals surface area contributed by atoms with Crippen LogP contribution in [0.3, 0.4) is 0 Å². The Hall–Kier alpha value is -3.72. The van der Waals surface area contributed by atoms with Crippen molar-refractivity contribution >= 4 is 34.7 Å². The molecule has 0 unspecified atom stereocenters. The summed E-state index contributed by atoms with van der Waals surface area (Å²) in [6.07, 6.45) is 0. The second-order valence-corrected chi connectivity index (χ2v) is 7.46. The number of carbonyl (C=O) groups excluding carboxylic acids is 1. The van der Waals surface area contributed by atoms with Crippen LogP contribution in [0.5, 0.6) is 0 Å². The molecule has 0 aliphatic heterocycles. The molecule has 3 aromatic rings. The molecule has 0 radical (unpaired) electrons. The zero-order chi connectivity index (χ0) is 21.7. The van der Waals surface area contributed by atoms with Crippen LogP contribution in [0.2, 0.25) is 0 Å². The molecule has 0 fully saturated rings. The topological polar surface area (TPSA) is 115 Å². The summed E-state index contributed by atoms with van der Waals surface area (Å²) in [5.41, 5.74) is 1.13. The lowest BCUT2D eigenvalue weighted by molar-refractivity contribution is -0.394. The second-order valence-electron chi connectivity index (χ2n) is 6.45. The number of nitro groups is 2. The normalized spacial score (nSPS) is 10.4. The van der Waals surface area contributed by atoms with Crippen molar-refractivity contribution in [3.8, 4) is 0 Å². The van der Waals surface area contributed by atoms with E-state index in [0.29, 0.717) is 11.4 Å². The third kappa shape index (κ3) is 5.00. The number of hydrogen-bond donors (Lipinski definition) is 1. The first-order chi connectivity index (χ1) is 14.3. The first-order valence-electron chi connectivity index (χ1n) is 8.86. The van der Waals surface area contributed by atoms with E-state index in [2.05, 4.69) is 5.32 Å². The van der Waals surface area contributed by atoms with Crippen LogP contribution in [-0.4, -0.2) is 15.8 Å². The molecule has 0 aliphatic carbocycles. The fourth-order valence-electron chi connectivity index (χ4n) is 2.74. The Balaban J connectivity index is 2.02. The average Bonchev–Trinajstić information content (AvgIpc) is 2.73. The largest absolute Gasteiger partial charge is 0.322 e. The lowest BCUT2D eigenvalue weighted by Gasteiger charge is -2.11. The summed E-state index contributed by atoms with van der Waals surface area (Å²) >= 11 is 1.13. The summed E-state index contributed by atoms with van der Waals surface area (Å²) in [4.78, 5) is 34.5. The summed E-state index contributed by atoms with van der Waals surface area (Å²) in [5.74, 6) is -0.305. The lowest BCUT2D eigenvalue weighted by Crippen LogP contribution is -2.15. The molecule has 0 saturated heterocycles. The predicted molar refractivity (Wildman–Crippen MR) is 115 cm³/mol. The number of nitrogens with one attached hydrogen (secondary N) is 1. The second kappa shape index (κ2) is 9.19. The van der Waals surface area contributed by atoms with Crippen molar-refractivity contribution in [2.24, 2.45) is 0 Å². The fraction of sp³-hybridized carbons (Fsp3) is 0.0952. The molecule has 30 heavy (non-hydrogen) atoms. The van der Waals surface area contributed by atoms with Crippen LogP contribution in [0.25, 0.3) is 0 Å². The van der Waals surface area contributed by atoms with Crippen LogP contribution >= 0.6 is 11.8 Å². The van der Waals surface area contributed by atoms with Gasteiger partial charge in [-0.1, -0.05) is 48.0 Å². The zero-order valence-electron chi connectivity index (χ0n) is 15.9. The summed E-state index contributed by atoms with van der Waals surface area (Å²) in [7, 11) is 0. The molecule has 1 amide bonds. The number of nitro benzene ring substituents is 2. The molecule has 0 aromatic heterocycles. The third-order valence-corrected chi connectivity index (χ3v) is 5.36. The Kier molecular flexibility index (Phi) is 6.43. The highest BCUT2D eigenvalue weighted by Gasteiger charge is 2.29. The van der Waals surface area contributed by atoms with Gasteiger partial charge in [0.25, 0.3) is 17.3 Å². The van der Waals surface area contributed by atoms with Crippen LogP contribution in [-0.2, 0) is 5.75 Å².